The molecule has 0 fully saturated rings. The van der Waals surface area contributed by atoms with Gasteiger partial charge in [-0.1, -0.05) is 48.8 Å². The van der Waals surface area contributed by atoms with E-state index in [0.717, 1.165) is 11.1 Å². The van der Waals surface area contributed by atoms with Crippen LogP contribution in [0.1, 0.15) is 11.1 Å². The molecule has 0 aliphatic rings. The van der Waals surface area contributed by atoms with Crippen molar-refractivity contribution in [1.29, 1.82) is 0 Å². The van der Waals surface area contributed by atoms with Gasteiger partial charge in [-0.3, -0.25) is 0 Å². The standard InChI is InChI=1S/C17H18OSi/c1-19(2,3)17-6-4-5-15(13-17)8-7-14-9-11-16(18)12-10-14/h4-6,9-13,18H,1-3H3. The van der Waals surface area contributed by atoms with Gasteiger partial charge < -0.3 is 5.11 Å². The van der Waals surface area contributed by atoms with E-state index >= 15 is 0 Å². The van der Waals surface area contributed by atoms with E-state index in [0.29, 0.717) is 0 Å². The Morgan fingerprint density at radius 3 is 2.11 bits per heavy atom. The van der Waals surface area contributed by atoms with Crippen LogP contribution in [0.25, 0.3) is 0 Å². The molecule has 0 aliphatic heterocycles. The molecule has 0 bridgehead atoms. The van der Waals surface area contributed by atoms with E-state index in [1.54, 1.807) is 12.1 Å². The van der Waals surface area contributed by atoms with E-state index in [4.69, 9.17) is 0 Å². The van der Waals surface area contributed by atoms with Crippen LogP contribution in [0.15, 0.2) is 48.5 Å². The normalized spacial score (nSPS) is 10.7. The van der Waals surface area contributed by atoms with Crippen LogP contribution in [-0.2, 0) is 0 Å². The molecule has 0 aromatic heterocycles. The molecule has 0 heterocycles. The molecule has 0 saturated heterocycles. The van der Waals surface area contributed by atoms with Crippen LogP contribution in [0.3, 0.4) is 0 Å². The lowest BCUT2D eigenvalue weighted by atomic mass is 10.2. The predicted octanol–water partition coefficient (Wildman–Crippen LogP) is 3.34. The van der Waals surface area contributed by atoms with Gasteiger partial charge in [-0.15, -0.1) is 0 Å². The Labute approximate surface area is 115 Å². The summed E-state index contributed by atoms with van der Waals surface area (Å²) in [5.74, 6) is 6.57. The van der Waals surface area contributed by atoms with Crippen LogP contribution in [0.2, 0.25) is 19.6 Å². The maximum atomic E-state index is 9.22. The van der Waals surface area contributed by atoms with Crippen molar-refractivity contribution in [3.05, 3.63) is 59.7 Å². The first-order chi connectivity index (χ1) is 8.95. The molecule has 1 N–H and O–H groups in total. The van der Waals surface area contributed by atoms with Crippen molar-refractivity contribution in [1.82, 2.24) is 0 Å². The lowest BCUT2D eigenvalue weighted by Gasteiger charge is -2.16. The molecule has 0 unspecified atom stereocenters. The molecule has 1 nitrogen and oxygen atoms in total. The summed E-state index contributed by atoms with van der Waals surface area (Å²) in [6, 6.07) is 15.5. The molecule has 19 heavy (non-hydrogen) atoms. The highest BCUT2D eigenvalue weighted by atomic mass is 28.3. The van der Waals surface area contributed by atoms with Crippen LogP contribution >= 0.6 is 0 Å². The molecule has 0 saturated carbocycles. The van der Waals surface area contributed by atoms with E-state index in [9.17, 15) is 5.11 Å². The molecule has 0 atom stereocenters. The van der Waals surface area contributed by atoms with E-state index in [-0.39, 0.29) is 5.75 Å². The number of phenols is 1. The molecule has 0 spiro atoms. The van der Waals surface area contributed by atoms with Crippen molar-refractivity contribution in [2.24, 2.45) is 0 Å². The van der Waals surface area contributed by atoms with Gasteiger partial charge in [0.2, 0.25) is 0 Å². The SMILES string of the molecule is C[Si](C)(C)c1cccc(C#Cc2ccc(O)cc2)c1. The molecule has 96 valence electrons. The summed E-state index contributed by atoms with van der Waals surface area (Å²) in [6.07, 6.45) is 0. The fraction of sp³-hybridized carbons (Fsp3) is 0.176. The number of phenolic OH excluding ortho intramolecular Hbond substituents is 1. The Morgan fingerprint density at radius 2 is 1.47 bits per heavy atom. The van der Waals surface area contributed by atoms with Gasteiger partial charge in [0.05, 0.1) is 8.07 Å². The third kappa shape index (κ3) is 3.74. The minimum atomic E-state index is -1.28. The summed E-state index contributed by atoms with van der Waals surface area (Å²) in [5.41, 5.74) is 1.96. The highest BCUT2D eigenvalue weighted by molar-refractivity contribution is 6.88. The van der Waals surface area contributed by atoms with Crippen molar-refractivity contribution in [2.45, 2.75) is 19.6 Å². The van der Waals surface area contributed by atoms with Gasteiger partial charge >= 0.3 is 0 Å². The third-order valence-electron chi connectivity index (χ3n) is 2.95. The first kappa shape index (κ1) is 13.4. The van der Waals surface area contributed by atoms with E-state index in [1.165, 1.54) is 5.19 Å². The lowest BCUT2D eigenvalue weighted by Crippen LogP contribution is -2.37. The molecular weight excluding hydrogens is 248 g/mol. The molecule has 2 aromatic carbocycles. The minimum Gasteiger partial charge on any atom is -0.508 e. The molecule has 0 radical (unpaired) electrons. The van der Waals surface area contributed by atoms with Gasteiger partial charge in [-0.05, 0) is 36.4 Å². The second-order valence-electron chi connectivity index (χ2n) is 5.63. The zero-order valence-corrected chi connectivity index (χ0v) is 12.6. The zero-order valence-electron chi connectivity index (χ0n) is 11.6. The van der Waals surface area contributed by atoms with E-state index < -0.39 is 8.07 Å². The van der Waals surface area contributed by atoms with Crippen LogP contribution in [0, 0.1) is 11.8 Å². The van der Waals surface area contributed by atoms with E-state index in [1.807, 2.05) is 18.2 Å². The van der Waals surface area contributed by atoms with Crippen LogP contribution in [0.4, 0.5) is 0 Å². The Kier molecular flexibility index (Phi) is 3.78. The van der Waals surface area contributed by atoms with Crippen LogP contribution in [0.5, 0.6) is 5.75 Å². The maximum Gasteiger partial charge on any atom is 0.115 e. The van der Waals surface area contributed by atoms with Crippen molar-refractivity contribution >= 4 is 13.3 Å². The summed E-state index contributed by atoms with van der Waals surface area (Å²) in [4.78, 5) is 0. The predicted molar refractivity (Wildman–Crippen MR) is 83.5 cm³/mol. The first-order valence-electron chi connectivity index (χ1n) is 6.37. The smallest absolute Gasteiger partial charge is 0.115 e. The van der Waals surface area contributed by atoms with Crippen LogP contribution < -0.4 is 5.19 Å². The Balaban J connectivity index is 2.27. The molecular formula is C17H18OSi. The van der Waals surface area contributed by atoms with Gasteiger partial charge in [0.25, 0.3) is 0 Å². The highest BCUT2D eigenvalue weighted by Gasteiger charge is 2.15. The first-order valence-corrected chi connectivity index (χ1v) is 9.87. The third-order valence-corrected chi connectivity index (χ3v) is 4.99. The fourth-order valence-corrected chi connectivity index (χ4v) is 2.94. The number of hydrogen-bond acceptors (Lipinski definition) is 1. The monoisotopic (exact) mass is 266 g/mol. The van der Waals surface area contributed by atoms with Gasteiger partial charge in [-0.25, -0.2) is 0 Å². The van der Waals surface area contributed by atoms with Crippen molar-refractivity contribution < 1.29 is 5.11 Å². The summed E-state index contributed by atoms with van der Waals surface area (Å²) < 4.78 is 0. The average molecular weight is 266 g/mol. The maximum absolute atomic E-state index is 9.22. The van der Waals surface area contributed by atoms with Crippen molar-refractivity contribution in [3.63, 3.8) is 0 Å². The van der Waals surface area contributed by atoms with Gasteiger partial charge in [-0.2, -0.15) is 0 Å². The van der Waals surface area contributed by atoms with Crippen LogP contribution in [-0.4, -0.2) is 13.2 Å². The molecule has 2 heteroatoms. The van der Waals surface area contributed by atoms with E-state index in [2.05, 4.69) is 49.7 Å². The second kappa shape index (κ2) is 5.34. The largest absolute Gasteiger partial charge is 0.508 e. The lowest BCUT2D eigenvalue weighted by molar-refractivity contribution is 0.475. The molecule has 0 aliphatic carbocycles. The fourth-order valence-electron chi connectivity index (χ4n) is 1.75. The quantitative estimate of drug-likeness (QED) is 0.620. The average Bonchev–Trinajstić information content (AvgIpc) is 2.37. The van der Waals surface area contributed by atoms with Crippen molar-refractivity contribution in [2.75, 3.05) is 0 Å². The molecule has 0 amide bonds. The topological polar surface area (TPSA) is 20.2 Å². The zero-order chi connectivity index (χ0) is 13.9. The van der Waals surface area contributed by atoms with Gasteiger partial charge in [0, 0.05) is 11.1 Å². The minimum absolute atomic E-state index is 0.270. The van der Waals surface area contributed by atoms with Gasteiger partial charge in [0.1, 0.15) is 5.75 Å². The van der Waals surface area contributed by atoms with Crippen molar-refractivity contribution in [3.8, 4) is 17.6 Å². The highest BCUT2D eigenvalue weighted by Crippen LogP contribution is 2.09. The summed E-state index contributed by atoms with van der Waals surface area (Å²) in [7, 11) is -1.28. The summed E-state index contributed by atoms with van der Waals surface area (Å²) in [5, 5.41) is 10.6. The second-order valence-corrected chi connectivity index (χ2v) is 10.7. The number of benzene rings is 2. The Hall–Kier alpha value is -1.98. The Morgan fingerprint density at radius 1 is 0.842 bits per heavy atom. The number of rotatable bonds is 1. The Bertz CT molecular complexity index is 625. The molecule has 2 rings (SSSR count). The van der Waals surface area contributed by atoms with Gasteiger partial charge in [0.15, 0.2) is 0 Å². The number of aromatic hydroxyl groups is 1. The summed E-state index contributed by atoms with van der Waals surface area (Å²) >= 11 is 0. The summed E-state index contributed by atoms with van der Waals surface area (Å²) in [6.45, 7) is 7.00. The number of hydrogen-bond donors (Lipinski definition) is 1. The molecule has 2 aromatic rings.